The number of ether oxygens (including phenoxy) is 8. The zero-order valence-electron chi connectivity index (χ0n) is 85.0. The van der Waals surface area contributed by atoms with Crippen molar-refractivity contribution in [3.05, 3.63) is 335 Å². The number of hydrogen-bond donors (Lipinski definition) is 2. The zero-order valence-corrected chi connectivity index (χ0v) is 86.7. The number of esters is 2. The Morgan fingerprint density at radius 2 is 0.631 bits per heavy atom. The van der Waals surface area contributed by atoms with Crippen LogP contribution in [0.2, 0.25) is 0 Å². The van der Waals surface area contributed by atoms with Crippen LogP contribution in [0.5, 0.6) is 34.5 Å². The third-order valence-electron chi connectivity index (χ3n) is 24.8. The minimum absolute atomic E-state index is 0. The van der Waals surface area contributed by atoms with E-state index in [0.717, 1.165) is 90.6 Å². The molecule has 1 aliphatic carbocycles. The lowest BCUT2D eigenvalue weighted by molar-refractivity contribution is -0.160. The maximum absolute atomic E-state index is 12.0. The molecule has 1 saturated carbocycles. The Bertz CT molecular complexity index is 4970. The van der Waals surface area contributed by atoms with Crippen LogP contribution in [0, 0.1) is 17.8 Å². The summed E-state index contributed by atoms with van der Waals surface area (Å²) in [5.41, 5.74) is 10.2. The molecule has 0 aliphatic heterocycles. The third-order valence-corrected chi connectivity index (χ3v) is 27.9. The number of benzene rings is 11. The number of methoxy groups -OCH3 is 1. The summed E-state index contributed by atoms with van der Waals surface area (Å²) in [6, 6.07) is 94.0. The van der Waals surface area contributed by atoms with Crippen LogP contribution in [0.3, 0.4) is 0 Å². The molecule has 15 nitrogen and oxygen atoms in total. The highest BCUT2D eigenvalue weighted by molar-refractivity contribution is 7.97. The molecular formula is C132H214O15S2. The highest BCUT2D eigenvalue weighted by Crippen LogP contribution is 2.36. The lowest BCUT2D eigenvalue weighted by Crippen LogP contribution is -2.26. The number of phenols is 2. The van der Waals surface area contributed by atoms with Crippen LogP contribution in [0.1, 0.15) is 424 Å². The van der Waals surface area contributed by atoms with E-state index in [1.165, 1.54) is 92.3 Å². The fourth-order valence-electron chi connectivity index (χ4n) is 13.7. The van der Waals surface area contributed by atoms with Gasteiger partial charge in [-0.15, -0.1) is 0 Å². The molecule has 0 spiro atoms. The van der Waals surface area contributed by atoms with Gasteiger partial charge >= 0.3 is 11.9 Å². The molecule has 17 heteroatoms. The van der Waals surface area contributed by atoms with Gasteiger partial charge < -0.3 is 52.7 Å². The van der Waals surface area contributed by atoms with Gasteiger partial charge in [0.15, 0.2) is 27.3 Å². The first kappa shape index (κ1) is 158. The van der Waals surface area contributed by atoms with Gasteiger partial charge in [-0.3, -0.25) is 9.59 Å². The second kappa shape index (κ2) is 85.0. The molecule has 0 heterocycles. The van der Waals surface area contributed by atoms with Crippen molar-refractivity contribution in [1.29, 1.82) is 0 Å². The van der Waals surface area contributed by atoms with Crippen molar-refractivity contribution in [2.45, 2.75) is 413 Å². The van der Waals surface area contributed by atoms with Crippen molar-refractivity contribution < 1.29 is 70.7 Å². The number of carbonyl (C=O) groups is 2. The summed E-state index contributed by atoms with van der Waals surface area (Å²) in [7, 11) is -2.69. The molecule has 11 aromatic carbocycles. The van der Waals surface area contributed by atoms with Crippen LogP contribution >= 0.6 is 0 Å². The fraction of sp³-hybridized carbons (Fsp3) is 0.485. The van der Waals surface area contributed by atoms with Gasteiger partial charge in [-0.2, -0.15) is 0 Å². The van der Waals surface area contributed by atoms with E-state index in [1.54, 1.807) is 43.5 Å². The first-order chi connectivity index (χ1) is 64.5. The largest absolute Gasteiger partial charge is 0.744 e. The molecule has 9 atom stereocenters. The molecule has 0 amide bonds. The van der Waals surface area contributed by atoms with Crippen molar-refractivity contribution in [1.82, 2.24) is 0 Å². The molecule has 0 bridgehead atoms. The Morgan fingerprint density at radius 1 is 0.356 bits per heavy atom. The maximum Gasteiger partial charge on any atom is 0.312 e. The van der Waals surface area contributed by atoms with Gasteiger partial charge in [0.25, 0.3) is 0 Å². The van der Waals surface area contributed by atoms with Gasteiger partial charge in [-0.05, 0) is 328 Å². The molecule has 149 heavy (non-hydrogen) atoms. The molecule has 844 valence electrons. The van der Waals surface area contributed by atoms with Crippen LogP contribution in [-0.4, -0.2) is 74.6 Å². The van der Waals surface area contributed by atoms with Crippen LogP contribution in [0.4, 0.5) is 0 Å². The molecule has 0 radical (unpaired) electrons. The summed E-state index contributed by atoms with van der Waals surface area (Å²) in [4.78, 5) is 27.8. The quantitative estimate of drug-likeness (QED) is 0.0125. The first-order valence-corrected chi connectivity index (χ1v) is 51.2. The van der Waals surface area contributed by atoms with E-state index in [-0.39, 0.29) is 156 Å². The summed E-state index contributed by atoms with van der Waals surface area (Å²) in [5.74, 6) is 7.30. The van der Waals surface area contributed by atoms with Gasteiger partial charge in [0.1, 0.15) is 63.4 Å². The Labute approximate surface area is 918 Å². The van der Waals surface area contributed by atoms with Crippen molar-refractivity contribution in [2.24, 2.45) is 10.8 Å². The lowest BCUT2D eigenvalue weighted by Gasteiger charge is -2.23. The summed E-state index contributed by atoms with van der Waals surface area (Å²) in [6.07, 6.45) is 13.0. The normalized spacial score (nSPS) is 12.5. The second-order valence-electron chi connectivity index (χ2n) is 35.8. The molecule has 0 aromatic heterocycles. The summed E-state index contributed by atoms with van der Waals surface area (Å²) in [5, 5.41) is 18.0. The minimum atomic E-state index is -4.30. The summed E-state index contributed by atoms with van der Waals surface area (Å²) >= 11 is 0. The highest BCUT2D eigenvalue weighted by Gasteiger charge is 2.31. The maximum atomic E-state index is 12.0. The first-order valence-electron chi connectivity index (χ1n) is 48.6. The predicted octanol–water partition coefficient (Wildman–Crippen LogP) is 40.4. The SMILES string of the molecule is C.C.C.C.C.C.C.C.C.C.C.C.C.C.CCC(C)(C)C(=O)OC(C)c1ccc(C)cc1.CCC(C)(C)C(=O)OC(C)c1ccc(OC)cc1.CCC(C)c1ccc(O)cc1.CCC(C)c1ccc(O)cc1.CCC(C)c1ccc(OC(C)OCCOc2ccc(C3CCCCC3)cc2)cc1.CCC(C)c1ccc(S(=O)(=O)[O-])cc1.CCOC(C)Oc1ccc(C(C)CC)cc1.c1ccc([S+](c2ccccc2)c2ccccc2)cc1. The van der Waals surface area contributed by atoms with Crippen molar-refractivity contribution in [3.8, 4) is 34.5 Å². The van der Waals surface area contributed by atoms with Crippen LogP contribution in [0.15, 0.2) is 305 Å². The Kier molecular flexibility index (Phi) is 90.3. The van der Waals surface area contributed by atoms with Crippen molar-refractivity contribution in [2.75, 3.05) is 26.9 Å². The molecule has 12 rings (SSSR count). The number of aryl methyl sites for hydroxylation is 1. The Balaban J connectivity index is -0.000000186. The van der Waals surface area contributed by atoms with Crippen LogP contribution in [-0.2, 0) is 49.5 Å². The monoisotopic (exact) mass is 2100 g/mol. The van der Waals surface area contributed by atoms with Gasteiger partial charge in [0, 0.05) is 6.61 Å². The molecular weight excluding hydrogens is 1890 g/mol. The van der Waals surface area contributed by atoms with E-state index in [4.69, 9.17) is 48.1 Å². The van der Waals surface area contributed by atoms with E-state index in [1.807, 2.05) is 180 Å². The van der Waals surface area contributed by atoms with E-state index in [2.05, 4.69) is 209 Å². The van der Waals surface area contributed by atoms with Gasteiger partial charge in [-0.1, -0.05) is 376 Å². The number of phenolic OH excluding ortho intramolecular Hbond substituents is 2. The minimum Gasteiger partial charge on any atom is -0.744 e. The van der Waals surface area contributed by atoms with E-state index >= 15 is 0 Å². The van der Waals surface area contributed by atoms with Crippen molar-refractivity contribution >= 4 is 33.0 Å². The van der Waals surface area contributed by atoms with Gasteiger partial charge in [-0.25, -0.2) is 8.42 Å². The number of hydrogen-bond acceptors (Lipinski definition) is 15. The van der Waals surface area contributed by atoms with Gasteiger partial charge in [0.2, 0.25) is 0 Å². The van der Waals surface area contributed by atoms with Crippen molar-refractivity contribution in [3.63, 3.8) is 0 Å². The zero-order chi connectivity index (χ0) is 99.5. The number of aromatic hydroxyl groups is 2. The standard InChI is InChI=1S/C26H36O3.C18H15S.C15H22O3.C15H22O2.C14H22O2.C10H14O3S.2C10H14O.14CH4/c1-4-20(2)22-10-16-26(17-11-22)29-21(3)27-18-19-28-25-14-12-24(13-15-25)23-8-6-5-7-9-23;1-4-10-16(11-5-1)19(17-12-6-2-7-13-17)18-14-8-3-9-15-18;1-6-15(3,4)14(16)18-11(2)12-7-9-13(17-5)10-8-12;1-6-15(4,5)14(16)17-12(3)13-9-7-11(2)8-10-13;1-5-11(3)13-7-9-14(10-8-13)16-12(4)15-6-2;1-3-8(2)9-4-6-10(7-5-9)14(11,12)13;2*1-3-8(2)9-4-6-10(11)7-5-9;;;;;;;;;;;;;;/h10-17,20-21,23H,4-9,18-19H2,1-3H3;1-15H;7-11H,6H2,1-5H3;7-10,12H,6H2,1-5H3;7-12H,5-6H2,1-4H3;4-8H,3H2,1-2H3,(H,11,12,13);2*4-8,11H,3H2,1-2H3;14*1H4/q;+1;;;;;;;;;;;;;;;;;;;;/p-1. The molecule has 0 saturated heterocycles. The summed E-state index contributed by atoms with van der Waals surface area (Å²) < 4.78 is 76.3. The van der Waals surface area contributed by atoms with Crippen LogP contribution < -0.4 is 18.9 Å². The van der Waals surface area contributed by atoms with E-state index in [0.29, 0.717) is 60.9 Å². The lowest BCUT2D eigenvalue weighted by atomic mass is 9.84. The molecule has 11 aromatic rings. The topological polar surface area (TPSA) is 206 Å². The average molecular weight is 2110 g/mol. The number of carbonyl (C=O) groups excluding carboxylic acids is 2. The summed E-state index contributed by atoms with van der Waals surface area (Å²) in [6.45, 7) is 46.6. The van der Waals surface area contributed by atoms with Crippen LogP contribution in [0.25, 0.3) is 0 Å². The Morgan fingerprint density at radius 3 is 0.919 bits per heavy atom. The molecule has 2 N–H and O–H groups in total. The fourth-order valence-corrected chi connectivity index (χ4v) is 16.3. The average Bonchev–Trinajstić information content (AvgIpc) is 0.817. The predicted molar refractivity (Wildman–Crippen MR) is 650 cm³/mol. The number of rotatable bonds is 35. The smallest absolute Gasteiger partial charge is 0.312 e. The molecule has 1 aliphatic rings. The third kappa shape index (κ3) is 58.5. The van der Waals surface area contributed by atoms with Gasteiger partial charge in [0.05, 0.1) is 40.3 Å². The van der Waals surface area contributed by atoms with E-state index in [9.17, 15) is 22.6 Å². The molecule has 1 fully saturated rings. The van der Waals surface area contributed by atoms with E-state index < -0.39 is 20.9 Å². The highest BCUT2D eigenvalue weighted by atomic mass is 32.2. The Hall–Kier alpha value is -10.7. The second-order valence-corrected chi connectivity index (χ2v) is 39.2. The molecule has 9 unspecified atom stereocenters.